The number of halogens is 4. The van der Waals surface area contributed by atoms with Crippen molar-refractivity contribution in [1.82, 2.24) is 24.7 Å². The molecule has 33 heavy (non-hydrogen) atoms. The molecule has 2 aromatic carbocycles. The number of imidazole rings is 1. The molecular weight excluding hydrogens is 459 g/mol. The van der Waals surface area contributed by atoms with Gasteiger partial charge in [0.15, 0.2) is 5.58 Å². The minimum atomic E-state index is -4.59. The molecule has 0 aliphatic heterocycles. The lowest BCUT2D eigenvalue weighted by Crippen LogP contribution is -2.23. The Morgan fingerprint density at radius 2 is 1.94 bits per heavy atom. The summed E-state index contributed by atoms with van der Waals surface area (Å²) in [5.41, 5.74) is 1.00. The van der Waals surface area contributed by atoms with Crippen molar-refractivity contribution in [3.8, 4) is 11.5 Å². The van der Waals surface area contributed by atoms with Gasteiger partial charge in [-0.2, -0.15) is 13.2 Å². The monoisotopic (exact) mass is 471 g/mol. The average Bonchev–Trinajstić information content (AvgIpc) is 3.42. The van der Waals surface area contributed by atoms with E-state index >= 15 is 0 Å². The second-order valence-electron chi connectivity index (χ2n) is 7.17. The number of oxazole rings is 1. The molecule has 0 unspecified atom stereocenters. The van der Waals surface area contributed by atoms with Crippen molar-refractivity contribution in [2.45, 2.75) is 12.7 Å². The van der Waals surface area contributed by atoms with E-state index in [1.54, 1.807) is 47.3 Å². The number of hydrogen-bond acceptors (Lipinski definition) is 5. The van der Waals surface area contributed by atoms with Crippen LogP contribution in [-0.2, 0) is 12.7 Å². The highest BCUT2D eigenvalue weighted by molar-refractivity contribution is 6.32. The summed E-state index contributed by atoms with van der Waals surface area (Å²) in [6, 6.07) is 8.90. The first-order chi connectivity index (χ1) is 15.8. The highest BCUT2D eigenvalue weighted by atomic mass is 35.5. The van der Waals surface area contributed by atoms with Crippen LogP contribution >= 0.6 is 11.6 Å². The molecular formula is C22H13ClF3N5O2. The zero-order valence-electron chi connectivity index (χ0n) is 16.6. The molecule has 0 fully saturated rings. The molecule has 0 saturated carbocycles. The number of amides is 1. The maximum Gasteiger partial charge on any atom is 0.417 e. The zero-order chi connectivity index (χ0) is 23.2. The van der Waals surface area contributed by atoms with Gasteiger partial charge in [-0.15, -0.1) is 0 Å². The second kappa shape index (κ2) is 7.89. The van der Waals surface area contributed by atoms with Gasteiger partial charge in [-0.1, -0.05) is 23.7 Å². The Balaban J connectivity index is 1.31. The smallest absolute Gasteiger partial charge is 0.417 e. The lowest BCUT2D eigenvalue weighted by atomic mass is 10.1. The van der Waals surface area contributed by atoms with Crippen LogP contribution in [0.5, 0.6) is 0 Å². The van der Waals surface area contributed by atoms with Gasteiger partial charge in [0.05, 0.1) is 16.1 Å². The number of carbonyl (C=O) groups excluding carboxylic acids is 1. The quantitative estimate of drug-likeness (QED) is 0.392. The predicted molar refractivity (Wildman–Crippen MR) is 114 cm³/mol. The molecule has 3 aromatic heterocycles. The van der Waals surface area contributed by atoms with Crippen LogP contribution in [-0.4, -0.2) is 25.3 Å². The van der Waals surface area contributed by atoms with Crippen molar-refractivity contribution in [1.29, 1.82) is 0 Å². The van der Waals surface area contributed by atoms with Crippen LogP contribution in [0.4, 0.5) is 13.2 Å². The summed E-state index contributed by atoms with van der Waals surface area (Å²) in [6.07, 6.45) is 1.78. The standard InChI is InChI=1S/C22H13ClF3N5O2/c23-16-8-17-18(7-15(16)22(24,25)26)33-20(30-17)13-3-1-12(2-4-13)9-28-19(32)14-10-29-21-27-5-6-31(21)11-14/h1-8,10-11H,9H2,(H,28,32). The number of fused-ring (bicyclic) bond motifs is 2. The summed E-state index contributed by atoms with van der Waals surface area (Å²) in [5.74, 6) is 0.368. The van der Waals surface area contributed by atoms with Crippen LogP contribution < -0.4 is 5.32 Å². The normalized spacial score (nSPS) is 11.9. The van der Waals surface area contributed by atoms with E-state index in [-0.39, 0.29) is 29.4 Å². The first-order valence-electron chi connectivity index (χ1n) is 9.61. The fraction of sp³-hybridized carbons (Fsp3) is 0.0909. The van der Waals surface area contributed by atoms with Crippen molar-refractivity contribution < 1.29 is 22.4 Å². The van der Waals surface area contributed by atoms with E-state index < -0.39 is 16.8 Å². The fourth-order valence-corrected chi connectivity index (χ4v) is 3.54. The molecule has 166 valence electrons. The first-order valence-corrected chi connectivity index (χ1v) is 9.99. The van der Waals surface area contributed by atoms with E-state index in [1.807, 2.05) is 0 Å². The molecule has 0 bridgehead atoms. The molecule has 0 atom stereocenters. The summed E-state index contributed by atoms with van der Waals surface area (Å²) in [7, 11) is 0. The fourth-order valence-electron chi connectivity index (χ4n) is 3.27. The van der Waals surface area contributed by atoms with E-state index in [9.17, 15) is 18.0 Å². The van der Waals surface area contributed by atoms with Crippen molar-refractivity contribution in [2.75, 3.05) is 0 Å². The number of benzene rings is 2. The van der Waals surface area contributed by atoms with Gasteiger partial charge < -0.3 is 9.73 Å². The van der Waals surface area contributed by atoms with E-state index in [0.717, 1.165) is 17.7 Å². The SMILES string of the molecule is O=C(NCc1ccc(-c2nc3cc(Cl)c(C(F)(F)F)cc3o2)cc1)c1cnc2nccn2c1. The highest BCUT2D eigenvalue weighted by Crippen LogP contribution is 2.38. The number of nitrogens with zero attached hydrogens (tertiary/aromatic N) is 4. The lowest BCUT2D eigenvalue weighted by Gasteiger charge is -2.07. The van der Waals surface area contributed by atoms with Gasteiger partial charge in [0.25, 0.3) is 5.91 Å². The summed E-state index contributed by atoms with van der Waals surface area (Å²) >= 11 is 5.75. The minimum Gasteiger partial charge on any atom is -0.436 e. The molecule has 7 nitrogen and oxygen atoms in total. The lowest BCUT2D eigenvalue weighted by molar-refractivity contribution is -0.137. The number of aromatic nitrogens is 4. The van der Waals surface area contributed by atoms with Crippen LogP contribution in [0.2, 0.25) is 5.02 Å². The van der Waals surface area contributed by atoms with Gasteiger partial charge in [0.1, 0.15) is 5.52 Å². The number of hydrogen-bond donors (Lipinski definition) is 1. The molecule has 3 heterocycles. The molecule has 1 amide bonds. The summed E-state index contributed by atoms with van der Waals surface area (Å²) in [4.78, 5) is 24.8. The van der Waals surface area contributed by atoms with E-state index in [1.165, 1.54) is 6.20 Å². The van der Waals surface area contributed by atoms with Crippen molar-refractivity contribution in [2.24, 2.45) is 0 Å². The number of carbonyl (C=O) groups is 1. The van der Waals surface area contributed by atoms with Gasteiger partial charge in [-0.25, -0.2) is 15.0 Å². The summed E-state index contributed by atoms with van der Waals surface area (Å²) in [6.45, 7) is 0.263. The van der Waals surface area contributed by atoms with Crippen LogP contribution in [0.15, 0.2) is 65.6 Å². The van der Waals surface area contributed by atoms with Gasteiger partial charge in [-0.05, 0) is 29.8 Å². The van der Waals surface area contributed by atoms with Crippen LogP contribution in [0.3, 0.4) is 0 Å². The molecule has 0 aliphatic carbocycles. The molecule has 0 radical (unpaired) electrons. The van der Waals surface area contributed by atoms with Crippen molar-refractivity contribution in [3.63, 3.8) is 0 Å². The Labute approximate surface area is 188 Å². The molecule has 0 saturated heterocycles. The Kier molecular flexibility index (Phi) is 5.01. The molecule has 0 spiro atoms. The maximum absolute atomic E-state index is 13.1. The number of alkyl halides is 3. The number of nitrogens with one attached hydrogen (secondary N) is 1. The highest BCUT2D eigenvalue weighted by Gasteiger charge is 2.34. The Hall–Kier alpha value is -3.92. The van der Waals surface area contributed by atoms with Crippen molar-refractivity contribution in [3.05, 3.63) is 82.9 Å². The van der Waals surface area contributed by atoms with Crippen molar-refractivity contribution >= 4 is 34.4 Å². The van der Waals surface area contributed by atoms with Gasteiger partial charge >= 0.3 is 6.18 Å². The molecule has 0 aliphatic rings. The van der Waals surface area contributed by atoms with Gasteiger partial charge in [0, 0.05) is 36.9 Å². The number of rotatable bonds is 4. The minimum absolute atomic E-state index is 0.0125. The van der Waals surface area contributed by atoms with Crippen LogP contribution in [0.25, 0.3) is 28.3 Å². The molecule has 5 rings (SSSR count). The third-order valence-electron chi connectivity index (χ3n) is 4.94. The largest absolute Gasteiger partial charge is 0.436 e. The summed E-state index contributed by atoms with van der Waals surface area (Å²) < 4.78 is 46.3. The zero-order valence-corrected chi connectivity index (χ0v) is 17.4. The van der Waals surface area contributed by atoms with E-state index in [4.69, 9.17) is 16.0 Å². The Bertz CT molecular complexity index is 1490. The van der Waals surface area contributed by atoms with Crippen LogP contribution in [0.1, 0.15) is 21.5 Å². The molecule has 5 aromatic rings. The first kappa shape index (κ1) is 21.0. The third-order valence-corrected chi connectivity index (χ3v) is 5.26. The average molecular weight is 472 g/mol. The van der Waals surface area contributed by atoms with Gasteiger partial charge in [0.2, 0.25) is 11.7 Å². The Morgan fingerprint density at radius 3 is 2.70 bits per heavy atom. The third kappa shape index (κ3) is 4.12. The Morgan fingerprint density at radius 1 is 1.15 bits per heavy atom. The van der Waals surface area contributed by atoms with E-state index in [0.29, 0.717) is 16.9 Å². The van der Waals surface area contributed by atoms with Gasteiger partial charge in [-0.3, -0.25) is 9.20 Å². The summed E-state index contributed by atoms with van der Waals surface area (Å²) in [5, 5.41) is 2.37. The topological polar surface area (TPSA) is 85.3 Å². The van der Waals surface area contributed by atoms with Crippen LogP contribution in [0, 0.1) is 0 Å². The maximum atomic E-state index is 13.1. The second-order valence-corrected chi connectivity index (χ2v) is 7.58. The molecule has 11 heteroatoms. The van der Waals surface area contributed by atoms with E-state index in [2.05, 4.69) is 20.3 Å². The predicted octanol–water partition coefficient (Wildman–Crippen LogP) is 5.14. The molecule has 1 N–H and O–H groups in total.